The highest BCUT2D eigenvalue weighted by Gasteiger charge is 2.04. The van der Waals surface area contributed by atoms with Gasteiger partial charge in [0.1, 0.15) is 0 Å². The second-order valence-electron chi connectivity index (χ2n) is 3.66. The Hall–Kier alpha value is -0.320. The van der Waals surface area contributed by atoms with Gasteiger partial charge in [0.25, 0.3) is 0 Å². The van der Waals surface area contributed by atoms with Crippen LogP contribution in [0, 0.1) is 0 Å². The van der Waals surface area contributed by atoms with Crippen LogP contribution in [0.3, 0.4) is 0 Å². The first-order valence-electron chi connectivity index (χ1n) is 5.48. The fourth-order valence-electron chi connectivity index (χ4n) is 1.63. The van der Waals surface area contributed by atoms with E-state index in [0.29, 0.717) is 6.04 Å². The van der Waals surface area contributed by atoms with E-state index >= 15 is 0 Å². The van der Waals surface area contributed by atoms with E-state index in [9.17, 15) is 0 Å². The molecule has 1 aromatic heterocycles. The van der Waals surface area contributed by atoms with Gasteiger partial charge in [0.15, 0.2) is 0 Å². The number of hydrogen-bond donors (Lipinski definition) is 0. The fourth-order valence-corrected chi connectivity index (χ4v) is 1.63. The Kier molecular flexibility index (Phi) is 8.76. The number of unbranched alkanes of at least 4 members (excludes halogenated alkanes) is 3. The van der Waals surface area contributed by atoms with E-state index in [0.717, 1.165) is 0 Å². The summed E-state index contributed by atoms with van der Waals surface area (Å²) in [6.45, 7) is 6.10. The molecule has 86 valence electrons. The number of imidazole rings is 1. The van der Waals surface area contributed by atoms with Crippen molar-refractivity contribution in [2.24, 2.45) is 0 Å². The Balaban J connectivity index is 0.00000196. The summed E-state index contributed by atoms with van der Waals surface area (Å²) in [5, 5.41) is 0. The molecule has 0 aliphatic heterocycles. The lowest BCUT2D eigenvalue weighted by Gasteiger charge is -2.13. The Morgan fingerprint density at radius 3 is 2.73 bits per heavy atom. The van der Waals surface area contributed by atoms with Crippen molar-refractivity contribution in [2.45, 2.75) is 45.1 Å². The highest BCUT2D eigenvalue weighted by atomic mass is 127. The zero-order chi connectivity index (χ0) is 10.2. The van der Waals surface area contributed by atoms with Gasteiger partial charge >= 0.3 is 0 Å². The molecule has 0 spiro atoms. The maximum absolute atomic E-state index is 4.05. The molecule has 0 bridgehead atoms. The molecule has 0 radical (unpaired) electrons. The molecule has 1 heterocycles. The van der Waals surface area contributed by atoms with Crippen molar-refractivity contribution in [3.05, 3.63) is 31.4 Å². The maximum Gasteiger partial charge on any atom is 0.0951 e. The maximum atomic E-state index is 4.05. The molecule has 0 amide bonds. The van der Waals surface area contributed by atoms with E-state index in [1.165, 1.54) is 32.1 Å². The summed E-state index contributed by atoms with van der Waals surface area (Å²) >= 11 is 0. The predicted octanol–water partition coefficient (Wildman–Crippen LogP) is 4.20. The third-order valence-corrected chi connectivity index (χ3v) is 2.53. The zero-order valence-electron chi connectivity index (χ0n) is 9.43. The third-order valence-electron chi connectivity index (χ3n) is 2.53. The summed E-state index contributed by atoms with van der Waals surface area (Å²) in [7, 11) is 0. The van der Waals surface area contributed by atoms with Crippen molar-refractivity contribution >= 4 is 24.0 Å². The Morgan fingerprint density at radius 2 is 2.20 bits per heavy atom. The van der Waals surface area contributed by atoms with Gasteiger partial charge in [0.2, 0.25) is 0 Å². The van der Waals surface area contributed by atoms with Gasteiger partial charge in [-0.3, -0.25) is 0 Å². The average molecular weight is 320 g/mol. The van der Waals surface area contributed by atoms with Gasteiger partial charge in [0, 0.05) is 12.4 Å². The van der Waals surface area contributed by atoms with Crippen LogP contribution in [0.4, 0.5) is 0 Å². The monoisotopic (exact) mass is 320 g/mol. The van der Waals surface area contributed by atoms with Crippen LogP contribution in [0.15, 0.2) is 31.4 Å². The van der Waals surface area contributed by atoms with Gasteiger partial charge in [-0.1, -0.05) is 38.7 Å². The first-order chi connectivity index (χ1) is 6.88. The molecule has 0 saturated heterocycles. The summed E-state index contributed by atoms with van der Waals surface area (Å²) in [5.74, 6) is 0. The lowest BCUT2D eigenvalue weighted by Crippen LogP contribution is -2.03. The molecule has 1 rings (SSSR count). The van der Waals surface area contributed by atoms with Gasteiger partial charge < -0.3 is 4.57 Å². The van der Waals surface area contributed by atoms with Crippen molar-refractivity contribution < 1.29 is 0 Å². The van der Waals surface area contributed by atoms with E-state index in [-0.39, 0.29) is 24.0 Å². The molecule has 0 saturated carbocycles. The molecule has 1 atom stereocenters. The SMILES string of the molecule is C=CC(CCCCCC)n1ccnc1.I. The molecule has 0 N–H and O–H groups in total. The minimum Gasteiger partial charge on any atom is -0.331 e. The summed E-state index contributed by atoms with van der Waals surface area (Å²) in [5.41, 5.74) is 0. The lowest BCUT2D eigenvalue weighted by molar-refractivity contribution is 0.511. The average Bonchev–Trinajstić information content (AvgIpc) is 2.71. The Labute approximate surface area is 110 Å². The molecule has 3 heteroatoms. The highest BCUT2D eigenvalue weighted by Crippen LogP contribution is 2.16. The number of hydrogen-bond acceptors (Lipinski definition) is 1. The van der Waals surface area contributed by atoms with Gasteiger partial charge in [-0.15, -0.1) is 30.6 Å². The number of nitrogens with zero attached hydrogens (tertiary/aromatic N) is 2. The van der Waals surface area contributed by atoms with Crippen LogP contribution < -0.4 is 0 Å². The molecular weight excluding hydrogens is 299 g/mol. The largest absolute Gasteiger partial charge is 0.331 e. The van der Waals surface area contributed by atoms with Crippen LogP contribution in [0.25, 0.3) is 0 Å². The summed E-state index contributed by atoms with van der Waals surface area (Å²) in [4.78, 5) is 4.05. The van der Waals surface area contributed by atoms with Crippen molar-refractivity contribution in [2.75, 3.05) is 0 Å². The lowest BCUT2D eigenvalue weighted by atomic mass is 10.1. The van der Waals surface area contributed by atoms with Crippen LogP contribution in [0.1, 0.15) is 45.1 Å². The first kappa shape index (κ1) is 14.7. The Bertz CT molecular complexity index is 244. The summed E-state index contributed by atoms with van der Waals surface area (Å²) in [6.07, 6.45) is 14.1. The molecule has 0 aliphatic rings. The molecule has 1 aromatic rings. The molecule has 1 unspecified atom stereocenters. The highest BCUT2D eigenvalue weighted by molar-refractivity contribution is 14.0. The van der Waals surface area contributed by atoms with E-state index in [1.807, 2.05) is 24.8 Å². The molecular formula is C12H21IN2. The van der Waals surface area contributed by atoms with Gasteiger partial charge in [0.05, 0.1) is 12.4 Å². The summed E-state index contributed by atoms with van der Waals surface area (Å²) in [6, 6.07) is 0.425. The minimum atomic E-state index is 0. The smallest absolute Gasteiger partial charge is 0.0951 e. The van der Waals surface area contributed by atoms with Crippen LogP contribution in [-0.4, -0.2) is 9.55 Å². The zero-order valence-corrected chi connectivity index (χ0v) is 11.8. The minimum absolute atomic E-state index is 0. The van der Waals surface area contributed by atoms with E-state index in [2.05, 4.69) is 23.1 Å². The van der Waals surface area contributed by atoms with Gasteiger partial charge in [-0.05, 0) is 6.42 Å². The molecule has 0 aliphatic carbocycles. The normalized spacial score (nSPS) is 11.8. The second-order valence-corrected chi connectivity index (χ2v) is 3.66. The van der Waals surface area contributed by atoms with Crippen LogP contribution in [0.5, 0.6) is 0 Å². The number of aromatic nitrogens is 2. The van der Waals surface area contributed by atoms with Crippen LogP contribution >= 0.6 is 24.0 Å². The standard InChI is InChI=1S/C12H20N2.HI/c1-3-5-6-7-8-12(4-2)14-10-9-13-11-14;/h4,9-12H,2-3,5-8H2,1H3;1H. The fraction of sp³-hybridized carbons (Fsp3) is 0.583. The topological polar surface area (TPSA) is 17.8 Å². The van der Waals surface area contributed by atoms with E-state index in [4.69, 9.17) is 0 Å². The van der Waals surface area contributed by atoms with Crippen molar-refractivity contribution in [3.63, 3.8) is 0 Å². The molecule has 0 fully saturated rings. The summed E-state index contributed by atoms with van der Waals surface area (Å²) < 4.78 is 2.12. The molecule has 2 nitrogen and oxygen atoms in total. The molecule has 15 heavy (non-hydrogen) atoms. The third kappa shape index (κ3) is 5.35. The van der Waals surface area contributed by atoms with Crippen LogP contribution in [-0.2, 0) is 0 Å². The number of rotatable bonds is 7. The number of allylic oxidation sites excluding steroid dienone is 1. The predicted molar refractivity (Wildman–Crippen MR) is 75.6 cm³/mol. The Morgan fingerprint density at radius 1 is 1.40 bits per heavy atom. The molecule has 0 aromatic carbocycles. The first-order valence-corrected chi connectivity index (χ1v) is 5.48. The second kappa shape index (κ2) is 8.95. The van der Waals surface area contributed by atoms with Crippen molar-refractivity contribution in [1.29, 1.82) is 0 Å². The van der Waals surface area contributed by atoms with Crippen molar-refractivity contribution in [3.8, 4) is 0 Å². The van der Waals surface area contributed by atoms with Gasteiger partial charge in [-0.2, -0.15) is 0 Å². The number of halogens is 1. The van der Waals surface area contributed by atoms with E-state index in [1.54, 1.807) is 0 Å². The van der Waals surface area contributed by atoms with Crippen LogP contribution in [0.2, 0.25) is 0 Å². The van der Waals surface area contributed by atoms with E-state index < -0.39 is 0 Å². The quantitative estimate of drug-likeness (QED) is 0.418. The van der Waals surface area contributed by atoms with Crippen molar-refractivity contribution in [1.82, 2.24) is 9.55 Å². The van der Waals surface area contributed by atoms with Gasteiger partial charge in [-0.25, -0.2) is 4.98 Å².